The quantitative estimate of drug-likeness (QED) is 0.351. The van der Waals surface area contributed by atoms with Crippen molar-refractivity contribution in [2.45, 2.75) is 4.90 Å². The molecule has 0 amide bonds. The highest BCUT2D eigenvalue weighted by Gasteiger charge is 2.13. The van der Waals surface area contributed by atoms with Crippen LogP contribution in [0, 0.1) is 0 Å². The number of rotatable bonds is 7. The Morgan fingerprint density at radius 1 is 1.08 bits per heavy atom. The molecule has 0 bridgehead atoms. The summed E-state index contributed by atoms with van der Waals surface area (Å²) in [4.78, 5) is 4.33. The van der Waals surface area contributed by atoms with Crippen LogP contribution < -0.4 is 20.5 Å². The predicted molar refractivity (Wildman–Crippen MR) is 114 cm³/mol. The van der Waals surface area contributed by atoms with E-state index in [1.54, 1.807) is 55.6 Å². The van der Waals surface area contributed by atoms with Crippen LogP contribution in [0.25, 0.3) is 0 Å². The molecular weight excluding hydrogens is 469 g/mol. The second kappa shape index (κ2) is 10.2. The minimum atomic E-state index is -3.38. The maximum Gasteiger partial charge on any atom is 0.193 e. The first-order valence-corrected chi connectivity index (χ1v) is 9.18. The maximum atomic E-state index is 12.2. The molecule has 0 atom stereocenters. The fourth-order valence-corrected chi connectivity index (χ4v) is 3.27. The Labute approximate surface area is 170 Å². The van der Waals surface area contributed by atoms with E-state index in [4.69, 9.17) is 15.2 Å². The monoisotopic (exact) mass is 491 g/mol. The fraction of sp³-hybridized carbons (Fsp3) is 0.235. The molecule has 7 nitrogen and oxygen atoms in total. The number of methoxy groups -OCH3 is 2. The molecule has 26 heavy (non-hydrogen) atoms. The molecule has 0 spiro atoms. The third-order valence-corrected chi connectivity index (χ3v) is 5.11. The molecule has 0 radical (unpaired) electrons. The molecule has 142 valence electrons. The van der Waals surface area contributed by atoms with E-state index in [0.717, 1.165) is 0 Å². The number of sulfone groups is 1. The standard InChI is InChI=1S/C17H21N3O4S.HI/c1-23-15-9-8-13(12-16(15)24-2)20-17(18)19-10-11-25(21,22)14-6-4-3-5-7-14;/h3-9,12H,10-11H2,1-2H3,(H3,18,19,20);1H. The van der Waals surface area contributed by atoms with E-state index in [-0.39, 0.29) is 47.1 Å². The number of aliphatic imine (C=N–C) groups is 1. The molecule has 3 N–H and O–H groups in total. The van der Waals surface area contributed by atoms with Gasteiger partial charge in [0.2, 0.25) is 0 Å². The third kappa shape index (κ3) is 6.06. The lowest BCUT2D eigenvalue weighted by Gasteiger charge is -2.11. The summed E-state index contributed by atoms with van der Waals surface area (Å²) in [5.41, 5.74) is 6.47. The minimum absolute atomic E-state index is 0. The van der Waals surface area contributed by atoms with Crippen molar-refractivity contribution in [2.24, 2.45) is 10.7 Å². The predicted octanol–water partition coefficient (Wildman–Crippen LogP) is 2.52. The highest BCUT2D eigenvalue weighted by atomic mass is 127. The highest BCUT2D eigenvalue weighted by Crippen LogP contribution is 2.29. The van der Waals surface area contributed by atoms with Gasteiger partial charge < -0.3 is 20.5 Å². The van der Waals surface area contributed by atoms with Gasteiger partial charge in [-0.15, -0.1) is 24.0 Å². The van der Waals surface area contributed by atoms with Crippen LogP contribution in [-0.2, 0) is 9.84 Å². The van der Waals surface area contributed by atoms with Gasteiger partial charge in [-0.05, 0) is 24.3 Å². The van der Waals surface area contributed by atoms with Gasteiger partial charge in [-0.3, -0.25) is 4.99 Å². The smallest absolute Gasteiger partial charge is 0.193 e. The van der Waals surface area contributed by atoms with E-state index in [0.29, 0.717) is 17.2 Å². The van der Waals surface area contributed by atoms with Crippen LogP contribution in [0.5, 0.6) is 11.5 Å². The largest absolute Gasteiger partial charge is 0.493 e. The van der Waals surface area contributed by atoms with E-state index in [1.165, 1.54) is 7.11 Å². The van der Waals surface area contributed by atoms with Crippen molar-refractivity contribution in [3.05, 3.63) is 48.5 Å². The second-order valence-corrected chi connectivity index (χ2v) is 7.20. The SMILES string of the molecule is COc1ccc(NC(N)=NCCS(=O)(=O)c2ccccc2)cc1OC.I. The van der Waals surface area contributed by atoms with Crippen molar-refractivity contribution >= 4 is 45.5 Å². The molecule has 0 saturated heterocycles. The number of nitrogens with two attached hydrogens (primary N) is 1. The zero-order valence-corrected chi connectivity index (χ0v) is 17.7. The Balaban J connectivity index is 0.00000338. The van der Waals surface area contributed by atoms with Crippen LogP contribution in [0.15, 0.2) is 58.4 Å². The number of halogens is 1. The molecule has 2 aromatic carbocycles. The summed E-state index contributed by atoms with van der Waals surface area (Å²) >= 11 is 0. The minimum Gasteiger partial charge on any atom is -0.493 e. The highest BCUT2D eigenvalue weighted by molar-refractivity contribution is 14.0. The summed E-state index contributed by atoms with van der Waals surface area (Å²) in [6.07, 6.45) is 0. The topological polar surface area (TPSA) is 103 Å². The van der Waals surface area contributed by atoms with Crippen LogP contribution in [-0.4, -0.2) is 40.9 Å². The van der Waals surface area contributed by atoms with Gasteiger partial charge in [0.05, 0.1) is 31.4 Å². The third-order valence-electron chi connectivity index (χ3n) is 3.40. The van der Waals surface area contributed by atoms with E-state index in [1.807, 2.05) is 0 Å². The summed E-state index contributed by atoms with van der Waals surface area (Å²) in [6.45, 7) is 0.0589. The van der Waals surface area contributed by atoms with Crippen molar-refractivity contribution in [3.8, 4) is 11.5 Å². The van der Waals surface area contributed by atoms with Gasteiger partial charge >= 0.3 is 0 Å². The van der Waals surface area contributed by atoms with Gasteiger partial charge in [0.1, 0.15) is 0 Å². The lowest BCUT2D eigenvalue weighted by Crippen LogP contribution is -2.24. The molecular formula is C17H22IN3O4S. The first kappa shape index (κ1) is 22.0. The zero-order valence-electron chi connectivity index (χ0n) is 14.5. The molecule has 0 aliphatic carbocycles. The van der Waals surface area contributed by atoms with Crippen molar-refractivity contribution in [1.82, 2.24) is 0 Å². The van der Waals surface area contributed by atoms with Crippen LogP contribution in [0.4, 0.5) is 5.69 Å². The average Bonchev–Trinajstić information content (AvgIpc) is 2.62. The number of benzene rings is 2. The van der Waals surface area contributed by atoms with Crippen LogP contribution in [0.1, 0.15) is 0 Å². The first-order valence-electron chi connectivity index (χ1n) is 7.53. The number of nitrogens with zero attached hydrogens (tertiary/aromatic N) is 1. The number of hydrogen-bond acceptors (Lipinski definition) is 5. The molecule has 0 unspecified atom stereocenters. The Hall–Kier alpha value is -2.01. The molecule has 0 heterocycles. The molecule has 2 aromatic rings. The molecule has 0 fully saturated rings. The number of guanidine groups is 1. The summed E-state index contributed by atoms with van der Waals surface area (Å²) < 4.78 is 34.7. The zero-order chi connectivity index (χ0) is 18.3. The average molecular weight is 491 g/mol. The van der Waals surface area contributed by atoms with Gasteiger partial charge in [-0.2, -0.15) is 0 Å². The number of ether oxygens (including phenoxy) is 2. The van der Waals surface area contributed by atoms with Gasteiger partial charge in [0.25, 0.3) is 0 Å². The Kier molecular flexibility index (Phi) is 8.66. The van der Waals surface area contributed by atoms with Gasteiger partial charge in [-0.1, -0.05) is 18.2 Å². The van der Waals surface area contributed by atoms with Crippen molar-refractivity contribution < 1.29 is 17.9 Å². The summed E-state index contributed by atoms with van der Waals surface area (Å²) in [7, 11) is -0.291. The van der Waals surface area contributed by atoms with Crippen molar-refractivity contribution in [3.63, 3.8) is 0 Å². The molecule has 0 saturated carbocycles. The van der Waals surface area contributed by atoms with Gasteiger partial charge in [0.15, 0.2) is 27.3 Å². The van der Waals surface area contributed by atoms with E-state index >= 15 is 0 Å². The van der Waals surface area contributed by atoms with E-state index < -0.39 is 9.84 Å². The van der Waals surface area contributed by atoms with Crippen LogP contribution >= 0.6 is 24.0 Å². The molecule has 0 aliphatic heterocycles. The van der Waals surface area contributed by atoms with Crippen LogP contribution in [0.3, 0.4) is 0 Å². The lowest BCUT2D eigenvalue weighted by molar-refractivity contribution is 0.355. The number of anilines is 1. The van der Waals surface area contributed by atoms with Crippen molar-refractivity contribution in [1.29, 1.82) is 0 Å². The number of hydrogen-bond donors (Lipinski definition) is 2. The normalized spacial score (nSPS) is 11.4. The Morgan fingerprint density at radius 3 is 2.35 bits per heavy atom. The molecule has 0 aromatic heterocycles. The molecule has 0 aliphatic rings. The van der Waals surface area contributed by atoms with Gasteiger partial charge in [-0.25, -0.2) is 8.42 Å². The Morgan fingerprint density at radius 2 is 1.73 bits per heavy atom. The molecule has 2 rings (SSSR count). The summed E-state index contributed by atoms with van der Waals surface area (Å²) in [5.74, 6) is 1.14. The Bertz CT molecular complexity index is 842. The second-order valence-electron chi connectivity index (χ2n) is 5.09. The summed E-state index contributed by atoms with van der Waals surface area (Å²) in [5, 5.41) is 2.89. The van der Waals surface area contributed by atoms with Gasteiger partial charge in [0, 0.05) is 11.8 Å². The van der Waals surface area contributed by atoms with Crippen LogP contribution in [0.2, 0.25) is 0 Å². The summed E-state index contributed by atoms with van der Waals surface area (Å²) in [6, 6.07) is 13.4. The van der Waals surface area contributed by atoms with Crippen molar-refractivity contribution in [2.75, 3.05) is 31.8 Å². The van der Waals surface area contributed by atoms with E-state index in [2.05, 4.69) is 10.3 Å². The fourth-order valence-electron chi connectivity index (χ4n) is 2.13. The molecule has 9 heteroatoms. The first-order chi connectivity index (χ1) is 12.0. The van der Waals surface area contributed by atoms with E-state index in [9.17, 15) is 8.42 Å². The lowest BCUT2D eigenvalue weighted by atomic mass is 10.3. The maximum absolute atomic E-state index is 12.2. The number of nitrogens with one attached hydrogen (secondary N) is 1.